The predicted octanol–water partition coefficient (Wildman–Crippen LogP) is 2.03. The summed E-state index contributed by atoms with van der Waals surface area (Å²) in [6.45, 7) is 2.05. The fourth-order valence-electron chi connectivity index (χ4n) is 1.68. The quantitative estimate of drug-likeness (QED) is 0.806. The monoisotopic (exact) mass is 368 g/mol. The van der Waals surface area contributed by atoms with Crippen LogP contribution in [0, 0.1) is 5.82 Å². The Kier molecular flexibility index (Phi) is 8.96. The van der Waals surface area contributed by atoms with Crippen LogP contribution in [-0.4, -0.2) is 31.7 Å². The summed E-state index contributed by atoms with van der Waals surface area (Å²) in [6, 6.07) is 4.02. The van der Waals surface area contributed by atoms with Crippen LogP contribution >= 0.6 is 28.3 Å². The van der Waals surface area contributed by atoms with Crippen molar-refractivity contribution in [2.24, 2.45) is 5.73 Å². The Morgan fingerprint density at radius 3 is 2.75 bits per heavy atom. The standard InChI is InChI=1S/C13H18BrFN2O2.ClH/c1-8(17-13(18)12(16)7-19-2)5-9-3-4-11(15)10(14)6-9;/h3-4,6,8,12H,5,7,16H2,1-2H3,(H,17,18);1H. The lowest BCUT2D eigenvalue weighted by molar-refractivity contribution is -0.124. The molecule has 3 N–H and O–H groups in total. The second kappa shape index (κ2) is 9.28. The maximum Gasteiger partial charge on any atom is 0.239 e. The Labute approximate surface area is 132 Å². The van der Waals surface area contributed by atoms with E-state index in [1.54, 1.807) is 12.1 Å². The number of nitrogens with two attached hydrogens (primary N) is 1. The number of benzene rings is 1. The number of methoxy groups -OCH3 is 1. The Hall–Kier alpha value is -0.690. The topological polar surface area (TPSA) is 64.3 Å². The van der Waals surface area contributed by atoms with Gasteiger partial charge in [0, 0.05) is 13.2 Å². The predicted molar refractivity (Wildman–Crippen MR) is 82.5 cm³/mol. The third kappa shape index (κ3) is 6.17. The number of nitrogens with one attached hydrogen (secondary N) is 1. The molecule has 0 aromatic heterocycles. The molecule has 2 atom stereocenters. The molecule has 0 aliphatic carbocycles. The molecule has 0 radical (unpaired) electrons. The van der Waals surface area contributed by atoms with E-state index < -0.39 is 6.04 Å². The zero-order chi connectivity index (χ0) is 14.4. The molecule has 20 heavy (non-hydrogen) atoms. The van der Waals surface area contributed by atoms with E-state index in [-0.39, 0.29) is 36.8 Å². The first kappa shape index (κ1) is 19.3. The summed E-state index contributed by atoms with van der Waals surface area (Å²) in [5.74, 6) is -0.557. The zero-order valence-electron chi connectivity index (χ0n) is 11.4. The van der Waals surface area contributed by atoms with E-state index in [9.17, 15) is 9.18 Å². The SMILES string of the molecule is COCC(N)C(=O)NC(C)Cc1ccc(F)c(Br)c1.Cl. The summed E-state index contributed by atoms with van der Waals surface area (Å²) in [5, 5.41) is 2.79. The van der Waals surface area contributed by atoms with Gasteiger partial charge in [0.1, 0.15) is 11.9 Å². The first-order chi connectivity index (χ1) is 8.93. The van der Waals surface area contributed by atoms with Crippen molar-refractivity contribution in [3.63, 3.8) is 0 Å². The lowest BCUT2D eigenvalue weighted by Gasteiger charge is -2.17. The number of carbonyl (C=O) groups is 1. The smallest absolute Gasteiger partial charge is 0.239 e. The van der Waals surface area contributed by atoms with Crippen LogP contribution in [0.3, 0.4) is 0 Å². The molecule has 0 fully saturated rings. The molecule has 0 aliphatic rings. The molecule has 1 amide bonds. The van der Waals surface area contributed by atoms with E-state index in [1.807, 2.05) is 6.92 Å². The Morgan fingerprint density at radius 2 is 2.20 bits per heavy atom. The van der Waals surface area contributed by atoms with E-state index in [2.05, 4.69) is 21.2 Å². The molecule has 1 aromatic carbocycles. The average Bonchev–Trinajstić information content (AvgIpc) is 2.34. The minimum Gasteiger partial charge on any atom is -0.383 e. The average molecular weight is 370 g/mol. The summed E-state index contributed by atoms with van der Waals surface area (Å²) < 4.78 is 18.3. The van der Waals surface area contributed by atoms with Gasteiger partial charge >= 0.3 is 0 Å². The number of halogens is 3. The fourth-order valence-corrected chi connectivity index (χ4v) is 2.10. The highest BCUT2D eigenvalue weighted by Gasteiger charge is 2.15. The molecule has 0 aliphatic heterocycles. The van der Waals surface area contributed by atoms with Crippen LogP contribution in [0.2, 0.25) is 0 Å². The van der Waals surface area contributed by atoms with Crippen molar-refractivity contribution in [3.05, 3.63) is 34.1 Å². The van der Waals surface area contributed by atoms with Gasteiger partial charge in [-0.2, -0.15) is 0 Å². The lowest BCUT2D eigenvalue weighted by Crippen LogP contribution is -2.47. The number of amides is 1. The fraction of sp³-hybridized carbons (Fsp3) is 0.462. The van der Waals surface area contributed by atoms with Gasteiger partial charge in [-0.3, -0.25) is 4.79 Å². The van der Waals surface area contributed by atoms with Crippen molar-refractivity contribution in [1.29, 1.82) is 0 Å². The van der Waals surface area contributed by atoms with Gasteiger partial charge in [-0.15, -0.1) is 12.4 Å². The molecule has 0 saturated carbocycles. The minimum atomic E-state index is -0.674. The third-order valence-electron chi connectivity index (χ3n) is 2.60. The van der Waals surface area contributed by atoms with Crippen molar-refractivity contribution in [2.45, 2.75) is 25.4 Å². The van der Waals surface area contributed by atoms with Crippen LogP contribution in [0.4, 0.5) is 4.39 Å². The van der Waals surface area contributed by atoms with Gasteiger partial charge in [0.15, 0.2) is 0 Å². The Bertz CT molecular complexity index is 448. The normalized spacial score (nSPS) is 13.2. The van der Waals surface area contributed by atoms with Crippen LogP contribution in [0.1, 0.15) is 12.5 Å². The van der Waals surface area contributed by atoms with Crippen molar-refractivity contribution in [1.82, 2.24) is 5.32 Å². The summed E-state index contributed by atoms with van der Waals surface area (Å²) >= 11 is 3.13. The highest BCUT2D eigenvalue weighted by atomic mass is 79.9. The molecule has 1 rings (SSSR count). The van der Waals surface area contributed by atoms with Crippen molar-refractivity contribution in [3.8, 4) is 0 Å². The third-order valence-corrected chi connectivity index (χ3v) is 3.21. The second-order valence-electron chi connectivity index (χ2n) is 4.42. The van der Waals surface area contributed by atoms with E-state index in [4.69, 9.17) is 10.5 Å². The number of hydrogen-bond donors (Lipinski definition) is 2. The summed E-state index contributed by atoms with van der Waals surface area (Å²) in [6.07, 6.45) is 0.602. The van der Waals surface area contributed by atoms with Gasteiger partial charge in [0.25, 0.3) is 0 Å². The largest absolute Gasteiger partial charge is 0.383 e. The highest BCUT2D eigenvalue weighted by molar-refractivity contribution is 9.10. The number of ether oxygens (including phenoxy) is 1. The second-order valence-corrected chi connectivity index (χ2v) is 5.28. The van der Waals surface area contributed by atoms with Crippen LogP contribution < -0.4 is 11.1 Å². The van der Waals surface area contributed by atoms with Crippen LogP contribution in [0.25, 0.3) is 0 Å². The summed E-state index contributed by atoms with van der Waals surface area (Å²) in [4.78, 5) is 11.7. The number of carbonyl (C=O) groups excluding carboxylic acids is 1. The number of rotatable bonds is 6. The minimum absolute atomic E-state index is 0. The molecule has 4 nitrogen and oxygen atoms in total. The highest BCUT2D eigenvalue weighted by Crippen LogP contribution is 2.17. The van der Waals surface area contributed by atoms with Crippen molar-refractivity contribution >= 4 is 34.2 Å². The molecule has 0 bridgehead atoms. The number of hydrogen-bond acceptors (Lipinski definition) is 3. The molecule has 114 valence electrons. The van der Waals surface area contributed by atoms with E-state index in [0.29, 0.717) is 10.9 Å². The maximum absolute atomic E-state index is 13.1. The first-order valence-electron chi connectivity index (χ1n) is 5.93. The van der Waals surface area contributed by atoms with Crippen LogP contribution in [-0.2, 0) is 16.0 Å². The maximum atomic E-state index is 13.1. The van der Waals surface area contributed by atoms with Gasteiger partial charge in [0.05, 0.1) is 11.1 Å². The summed E-state index contributed by atoms with van der Waals surface area (Å²) in [5.41, 5.74) is 6.55. The molecule has 0 saturated heterocycles. The van der Waals surface area contributed by atoms with E-state index >= 15 is 0 Å². The van der Waals surface area contributed by atoms with Gasteiger partial charge in [-0.05, 0) is 47.0 Å². The van der Waals surface area contributed by atoms with Crippen molar-refractivity contribution in [2.75, 3.05) is 13.7 Å². The molecule has 7 heteroatoms. The molecule has 0 heterocycles. The Balaban J connectivity index is 0.00000361. The summed E-state index contributed by atoms with van der Waals surface area (Å²) in [7, 11) is 1.49. The van der Waals surface area contributed by atoms with E-state index in [1.165, 1.54) is 13.2 Å². The molecule has 2 unspecified atom stereocenters. The van der Waals surface area contributed by atoms with Crippen molar-refractivity contribution < 1.29 is 13.9 Å². The Morgan fingerprint density at radius 1 is 1.55 bits per heavy atom. The molecule has 0 spiro atoms. The lowest BCUT2D eigenvalue weighted by atomic mass is 10.1. The van der Waals surface area contributed by atoms with Gasteiger partial charge in [-0.25, -0.2) is 4.39 Å². The van der Waals surface area contributed by atoms with Gasteiger partial charge < -0.3 is 15.8 Å². The zero-order valence-corrected chi connectivity index (χ0v) is 13.8. The van der Waals surface area contributed by atoms with E-state index in [0.717, 1.165) is 5.56 Å². The first-order valence-corrected chi connectivity index (χ1v) is 6.72. The van der Waals surface area contributed by atoms with Gasteiger partial charge in [0.2, 0.25) is 5.91 Å². The van der Waals surface area contributed by atoms with Crippen LogP contribution in [0.5, 0.6) is 0 Å². The molecular formula is C13H19BrClFN2O2. The van der Waals surface area contributed by atoms with Crippen LogP contribution in [0.15, 0.2) is 22.7 Å². The molecular weight excluding hydrogens is 351 g/mol. The molecule has 1 aromatic rings. The van der Waals surface area contributed by atoms with Gasteiger partial charge in [-0.1, -0.05) is 6.07 Å².